The Morgan fingerprint density at radius 3 is 2.31 bits per heavy atom. The molecule has 6 heteroatoms. The van der Waals surface area contributed by atoms with Crippen molar-refractivity contribution in [2.24, 2.45) is 5.92 Å². The van der Waals surface area contributed by atoms with Crippen LogP contribution in [-0.2, 0) is 4.79 Å². The second-order valence-corrected chi connectivity index (χ2v) is 7.71. The SMILES string of the molecule is CC(C)[C@@H](C(=O)N1CC=CC[C@H]1c1cccnc1)N1C(=O)c2ccccc2C1=O. The van der Waals surface area contributed by atoms with Crippen molar-refractivity contribution in [3.05, 3.63) is 77.6 Å². The van der Waals surface area contributed by atoms with E-state index in [9.17, 15) is 14.4 Å². The van der Waals surface area contributed by atoms with Gasteiger partial charge in [-0.15, -0.1) is 0 Å². The molecule has 0 saturated heterocycles. The molecule has 1 aromatic heterocycles. The van der Waals surface area contributed by atoms with E-state index in [2.05, 4.69) is 4.98 Å². The van der Waals surface area contributed by atoms with Gasteiger partial charge in [0, 0.05) is 18.9 Å². The first-order valence-corrected chi connectivity index (χ1v) is 9.83. The summed E-state index contributed by atoms with van der Waals surface area (Å²) in [5.41, 5.74) is 1.66. The van der Waals surface area contributed by atoms with Gasteiger partial charge in [-0.1, -0.05) is 44.2 Å². The zero-order valence-corrected chi connectivity index (χ0v) is 16.5. The molecule has 0 bridgehead atoms. The Labute approximate surface area is 169 Å². The Morgan fingerprint density at radius 2 is 1.72 bits per heavy atom. The van der Waals surface area contributed by atoms with Gasteiger partial charge < -0.3 is 4.90 Å². The molecule has 2 aliphatic rings. The van der Waals surface area contributed by atoms with Gasteiger partial charge in [-0.05, 0) is 36.1 Å². The monoisotopic (exact) mass is 389 g/mol. The van der Waals surface area contributed by atoms with Gasteiger partial charge in [0.15, 0.2) is 0 Å². The lowest BCUT2D eigenvalue weighted by molar-refractivity contribution is -0.139. The first kappa shape index (κ1) is 19.1. The zero-order chi connectivity index (χ0) is 20.5. The smallest absolute Gasteiger partial charge is 0.262 e. The van der Waals surface area contributed by atoms with E-state index in [-0.39, 0.29) is 17.9 Å². The number of carbonyl (C=O) groups is 3. The highest BCUT2D eigenvalue weighted by Gasteiger charge is 2.46. The summed E-state index contributed by atoms with van der Waals surface area (Å²) in [6.07, 6.45) is 8.13. The molecule has 4 rings (SSSR count). The molecule has 3 heterocycles. The van der Waals surface area contributed by atoms with Crippen LogP contribution in [0.15, 0.2) is 60.9 Å². The number of carbonyl (C=O) groups excluding carboxylic acids is 3. The average Bonchev–Trinajstić information content (AvgIpc) is 3.00. The van der Waals surface area contributed by atoms with Crippen LogP contribution >= 0.6 is 0 Å². The Kier molecular flexibility index (Phi) is 5.01. The molecule has 0 unspecified atom stereocenters. The molecule has 1 aromatic carbocycles. The Bertz CT molecular complexity index is 949. The molecule has 0 aliphatic carbocycles. The predicted octanol–water partition coefficient (Wildman–Crippen LogP) is 3.23. The van der Waals surface area contributed by atoms with Crippen LogP contribution in [0.1, 0.15) is 52.6 Å². The third-order valence-corrected chi connectivity index (χ3v) is 5.54. The molecule has 29 heavy (non-hydrogen) atoms. The van der Waals surface area contributed by atoms with Crippen LogP contribution < -0.4 is 0 Å². The van der Waals surface area contributed by atoms with Gasteiger partial charge in [-0.3, -0.25) is 24.3 Å². The van der Waals surface area contributed by atoms with E-state index in [0.29, 0.717) is 24.1 Å². The molecular formula is C23H23N3O3. The fraction of sp³-hybridized carbons (Fsp3) is 0.304. The lowest BCUT2D eigenvalue weighted by atomic mass is 9.95. The summed E-state index contributed by atoms with van der Waals surface area (Å²) in [4.78, 5) is 46.8. The number of rotatable bonds is 4. The lowest BCUT2D eigenvalue weighted by Crippen LogP contribution is -2.54. The van der Waals surface area contributed by atoms with Crippen molar-refractivity contribution in [3.8, 4) is 0 Å². The Hall–Kier alpha value is -3.28. The maximum Gasteiger partial charge on any atom is 0.262 e. The number of pyridine rings is 1. The first-order chi connectivity index (χ1) is 14.0. The molecule has 0 radical (unpaired) electrons. The molecule has 148 valence electrons. The number of hydrogen-bond acceptors (Lipinski definition) is 4. The van der Waals surface area contributed by atoms with E-state index in [1.807, 2.05) is 38.1 Å². The van der Waals surface area contributed by atoms with E-state index in [1.54, 1.807) is 41.6 Å². The quantitative estimate of drug-likeness (QED) is 0.595. The highest BCUT2D eigenvalue weighted by atomic mass is 16.2. The third-order valence-electron chi connectivity index (χ3n) is 5.54. The summed E-state index contributed by atoms with van der Waals surface area (Å²) in [5.74, 6) is -1.23. The summed E-state index contributed by atoms with van der Waals surface area (Å²) >= 11 is 0. The highest BCUT2D eigenvalue weighted by Crippen LogP contribution is 2.32. The van der Waals surface area contributed by atoms with Gasteiger partial charge >= 0.3 is 0 Å². The van der Waals surface area contributed by atoms with E-state index < -0.39 is 17.9 Å². The largest absolute Gasteiger partial charge is 0.330 e. The van der Waals surface area contributed by atoms with Crippen LogP contribution in [0.5, 0.6) is 0 Å². The minimum absolute atomic E-state index is 0.169. The fourth-order valence-electron chi connectivity index (χ4n) is 4.12. The maximum absolute atomic E-state index is 13.7. The van der Waals surface area contributed by atoms with Crippen LogP contribution in [0.25, 0.3) is 0 Å². The van der Waals surface area contributed by atoms with Gasteiger partial charge in [0.1, 0.15) is 6.04 Å². The number of nitrogens with zero attached hydrogens (tertiary/aromatic N) is 3. The number of hydrogen-bond donors (Lipinski definition) is 0. The summed E-state index contributed by atoms with van der Waals surface area (Å²) < 4.78 is 0. The summed E-state index contributed by atoms with van der Waals surface area (Å²) in [6, 6.07) is 9.51. The van der Waals surface area contributed by atoms with Crippen molar-refractivity contribution in [1.82, 2.24) is 14.8 Å². The van der Waals surface area contributed by atoms with Crippen LogP contribution in [0.3, 0.4) is 0 Å². The number of fused-ring (bicyclic) bond motifs is 1. The molecule has 0 saturated carbocycles. The fourth-order valence-corrected chi connectivity index (χ4v) is 4.12. The van der Waals surface area contributed by atoms with Crippen molar-refractivity contribution < 1.29 is 14.4 Å². The minimum atomic E-state index is -0.854. The van der Waals surface area contributed by atoms with Crippen LogP contribution in [-0.4, -0.2) is 45.1 Å². The summed E-state index contributed by atoms with van der Waals surface area (Å²) in [5, 5.41) is 0. The Balaban J connectivity index is 1.69. The second kappa shape index (κ2) is 7.62. The normalized spacial score (nSPS) is 19.6. The molecule has 2 atom stereocenters. The molecule has 2 aliphatic heterocycles. The zero-order valence-electron chi connectivity index (χ0n) is 16.5. The lowest BCUT2D eigenvalue weighted by Gasteiger charge is -2.38. The van der Waals surface area contributed by atoms with Crippen LogP contribution in [0.4, 0.5) is 0 Å². The van der Waals surface area contributed by atoms with Gasteiger partial charge in [0.2, 0.25) is 5.91 Å². The molecule has 0 N–H and O–H groups in total. The summed E-state index contributed by atoms with van der Waals surface area (Å²) in [6.45, 7) is 4.17. The minimum Gasteiger partial charge on any atom is -0.330 e. The van der Waals surface area contributed by atoms with Crippen LogP contribution in [0, 0.1) is 5.92 Å². The second-order valence-electron chi connectivity index (χ2n) is 7.71. The molecule has 0 fully saturated rings. The van der Waals surface area contributed by atoms with Gasteiger partial charge in [0.05, 0.1) is 17.2 Å². The maximum atomic E-state index is 13.7. The van der Waals surface area contributed by atoms with Crippen molar-refractivity contribution in [3.63, 3.8) is 0 Å². The van der Waals surface area contributed by atoms with E-state index in [0.717, 1.165) is 10.5 Å². The Morgan fingerprint density at radius 1 is 1.03 bits per heavy atom. The van der Waals surface area contributed by atoms with E-state index >= 15 is 0 Å². The molecule has 3 amide bonds. The summed E-state index contributed by atoms with van der Waals surface area (Å²) in [7, 11) is 0. The van der Waals surface area contributed by atoms with Crippen molar-refractivity contribution in [1.29, 1.82) is 0 Å². The van der Waals surface area contributed by atoms with E-state index in [1.165, 1.54) is 0 Å². The topological polar surface area (TPSA) is 70.6 Å². The third kappa shape index (κ3) is 3.24. The van der Waals surface area contributed by atoms with Crippen LogP contribution in [0.2, 0.25) is 0 Å². The number of benzene rings is 1. The van der Waals surface area contributed by atoms with Crippen molar-refractivity contribution in [2.75, 3.05) is 6.54 Å². The van der Waals surface area contributed by atoms with Gasteiger partial charge in [-0.25, -0.2) is 0 Å². The van der Waals surface area contributed by atoms with E-state index in [4.69, 9.17) is 0 Å². The standard InChI is InChI=1S/C23H23N3O3/c1-15(2)20(26-21(27)17-9-3-4-10-18(17)22(26)28)23(29)25-13-6-5-11-19(25)16-8-7-12-24-14-16/h3-10,12,14-15,19-20H,11,13H2,1-2H3/t19-,20-/m0/s1. The number of aromatic nitrogens is 1. The highest BCUT2D eigenvalue weighted by molar-refractivity contribution is 6.22. The molecular weight excluding hydrogens is 366 g/mol. The van der Waals surface area contributed by atoms with Crippen molar-refractivity contribution >= 4 is 17.7 Å². The average molecular weight is 389 g/mol. The molecule has 6 nitrogen and oxygen atoms in total. The molecule has 0 spiro atoms. The predicted molar refractivity (Wildman–Crippen MR) is 108 cm³/mol. The number of imide groups is 1. The number of amides is 3. The first-order valence-electron chi connectivity index (χ1n) is 9.83. The van der Waals surface area contributed by atoms with Gasteiger partial charge in [0.25, 0.3) is 11.8 Å². The van der Waals surface area contributed by atoms with Crippen molar-refractivity contribution in [2.45, 2.75) is 32.4 Å². The molecule has 2 aromatic rings. The van der Waals surface area contributed by atoms with Gasteiger partial charge in [-0.2, -0.15) is 0 Å².